The van der Waals surface area contributed by atoms with Crippen LogP contribution in [0.5, 0.6) is 0 Å². The fourth-order valence-electron chi connectivity index (χ4n) is 1.24. The van der Waals surface area contributed by atoms with E-state index in [1.54, 1.807) is 6.07 Å². The second-order valence-electron chi connectivity index (χ2n) is 3.39. The van der Waals surface area contributed by atoms with E-state index in [4.69, 9.17) is 11.6 Å². The Labute approximate surface area is 111 Å². The van der Waals surface area contributed by atoms with Gasteiger partial charge < -0.3 is 5.32 Å². The number of carbonyl (C=O) groups excluding carboxylic acids is 1. The maximum Gasteiger partial charge on any atom is 0.277 e. The maximum atomic E-state index is 11.7. The third-order valence-electron chi connectivity index (χ3n) is 2.14. The molecule has 0 fully saturated rings. The lowest BCUT2D eigenvalue weighted by Crippen LogP contribution is -2.12. The molecule has 2 rings (SSSR count). The standard InChI is InChI=1S/C10H8BrClN4O/c1-5-2-6(11)8(3-7(5)12)14-10(17)9-4-13-16-15-9/h2-4H,1H3,(H,14,17)(H,13,15,16). The van der Waals surface area contributed by atoms with Crippen LogP contribution in [-0.2, 0) is 0 Å². The molecule has 0 aliphatic carbocycles. The molecular formula is C10H8BrClN4O. The summed E-state index contributed by atoms with van der Waals surface area (Å²) in [5.74, 6) is -0.348. The zero-order chi connectivity index (χ0) is 12.4. The lowest BCUT2D eigenvalue weighted by atomic mass is 10.2. The highest BCUT2D eigenvalue weighted by Gasteiger charge is 2.11. The van der Waals surface area contributed by atoms with Crippen molar-refractivity contribution in [2.75, 3.05) is 5.32 Å². The van der Waals surface area contributed by atoms with Crippen LogP contribution in [0.3, 0.4) is 0 Å². The number of rotatable bonds is 2. The van der Waals surface area contributed by atoms with Crippen molar-refractivity contribution in [2.24, 2.45) is 0 Å². The predicted octanol–water partition coefficient (Wildman–Crippen LogP) is 2.78. The van der Waals surface area contributed by atoms with Crippen LogP contribution >= 0.6 is 27.5 Å². The number of aryl methyl sites for hydroxylation is 1. The molecule has 1 amide bonds. The molecule has 0 saturated carbocycles. The topological polar surface area (TPSA) is 70.7 Å². The Bertz CT molecular complexity index is 556. The van der Waals surface area contributed by atoms with Crippen molar-refractivity contribution in [2.45, 2.75) is 6.92 Å². The molecule has 0 radical (unpaired) electrons. The van der Waals surface area contributed by atoms with Crippen LogP contribution in [-0.4, -0.2) is 21.3 Å². The zero-order valence-electron chi connectivity index (χ0n) is 8.79. The number of nitrogens with zero attached hydrogens (tertiary/aromatic N) is 2. The monoisotopic (exact) mass is 314 g/mol. The number of amides is 1. The van der Waals surface area contributed by atoms with E-state index in [1.807, 2.05) is 13.0 Å². The number of hydrogen-bond acceptors (Lipinski definition) is 3. The minimum atomic E-state index is -0.348. The normalized spacial score (nSPS) is 10.3. The molecule has 0 aliphatic heterocycles. The molecule has 1 aromatic heterocycles. The summed E-state index contributed by atoms with van der Waals surface area (Å²) in [5, 5.41) is 12.9. The van der Waals surface area contributed by atoms with E-state index in [0.29, 0.717) is 10.7 Å². The van der Waals surface area contributed by atoms with Gasteiger partial charge in [-0.1, -0.05) is 11.6 Å². The van der Waals surface area contributed by atoms with Gasteiger partial charge in [0.05, 0.1) is 11.9 Å². The molecule has 0 aliphatic rings. The van der Waals surface area contributed by atoms with Crippen LogP contribution in [0.4, 0.5) is 5.69 Å². The van der Waals surface area contributed by atoms with Gasteiger partial charge in [0.2, 0.25) is 0 Å². The van der Waals surface area contributed by atoms with Crippen molar-refractivity contribution in [3.8, 4) is 0 Å². The average molecular weight is 316 g/mol. The summed E-state index contributed by atoms with van der Waals surface area (Å²) in [6.07, 6.45) is 1.35. The molecule has 1 aromatic carbocycles. The molecule has 17 heavy (non-hydrogen) atoms. The highest BCUT2D eigenvalue weighted by atomic mass is 79.9. The van der Waals surface area contributed by atoms with Crippen LogP contribution in [0.1, 0.15) is 16.1 Å². The maximum absolute atomic E-state index is 11.7. The van der Waals surface area contributed by atoms with E-state index >= 15 is 0 Å². The smallest absolute Gasteiger partial charge is 0.277 e. The molecule has 0 bridgehead atoms. The fraction of sp³-hybridized carbons (Fsp3) is 0.100. The number of aromatic amines is 1. The van der Waals surface area contributed by atoms with Gasteiger partial charge in [-0.2, -0.15) is 15.4 Å². The molecule has 88 valence electrons. The Kier molecular flexibility index (Phi) is 3.44. The van der Waals surface area contributed by atoms with E-state index in [0.717, 1.165) is 10.0 Å². The molecule has 2 aromatic rings. The predicted molar refractivity (Wildman–Crippen MR) is 68.2 cm³/mol. The number of benzene rings is 1. The number of carbonyl (C=O) groups is 1. The second kappa shape index (κ2) is 4.85. The Balaban J connectivity index is 2.25. The van der Waals surface area contributed by atoms with Gasteiger partial charge in [0.1, 0.15) is 0 Å². The minimum Gasteiger partial charge on any atom is -0.319 e. The van der Waals surface area contributed by atoms with Crippen molar-refractivity contribution >= 4 is 39.1 Å². The molecule has 7 heteroatoms. The van der Waals surface area contributed by atoms with E-state index in [-0.39, 0.29) is 11.6 Å². The molecule has 1 heterocycles. The highest BCUT2D eigenvalue weighted by molar-refractivity contribution is 9.10. The van der Waals surface area contributed by atoms with Crippen LogP contribution in [0.25, 0.3) is 0 Å². The second-order valence-corrected chi connectivity index (χ2v) is 4.65. The molecule has 0 saturated heterocycles. The molecule has 2 N–H and O–H groups in total. The first-order valence-corrected chi connectivity index (χ1v) is 5.88. The first-order valence-electron chi connectivity index (χ1n) is 4.70. The summed E-state index contributed by atoms with van der Waals surface area (Å²) in [5.41, 5.74) is 1.74. The lowest BCUT2D eigenvalue weighted by molar-refractivity contribution is 0.102. The first kappa shape index (κ1) is 12.1. The van der Waals surface area contributed by atoms with E-state index in [9.17, 15) is 4.79 Å². The minimum absolute atomic E-state index is 0.216. The van der Waals surface area contributed by atoms with Crippen LogP contribution in [0, 0.1) is 6.92 Å². The van der Waals surface area contributed by atoms with E-state index in [2.05, 4.69) is 36.7 Å². The van der Waals surface area contributed by atoms with Gasteiger partial charge >= 0.3 is 0 Å². The lowest BCUT2D eigenvalue weighted by Gasteiger charge is -2.08. The summed E-state index contributed by atoms with van der Waals surface area (Å²) in [4.78, 5) is 11.7. The number of H-pyrrole nitrogens is 1. The van der Waals surface area contributed by atoms with Crippen molar-refractivity contribution in [1.82, 2.24) is 15.4 Å². The summed E-state index contributed by atoms with van der Waals surface area (Å²) in [6, 6.07) is 3.51. The first-order chi connectivity index (χ1) is 8.08. The highest BCUT2D eigenvalue weighted by Crippen LogP contribution is 2.29. The van der Waals surface area contributed by atoms with Crippen LogP contribution in [0.15, 0.2) is 22.8 Å². The van der Waals surface area contributed by atoms with Gasteiger partial charge in [0.25, 0.3) is 5.91 Å². The van der Waals surface area contributed by atoms with Crippen molar-refractivity contribution in [3.63, 3.8) is 0 Å². The number of nitrogens with one attached hydrogen (secondary N) is 2. The SMILES string of the molecule is Cc1cc(Br)c(NC(=O)c2cn[nH]n2)cc1Cl. The largest absolute Gasteiger partial charge is 0.319 e. The van der Waals surface area contributed by atoms with Crippen LogP contribution < -0.4 is 5.32 Å². The third kappa shape index (κ3) is 2.65. The van der Waals surface area contributed by atoms with Gasteiger partial charge in [-0.15, -0.1) is 0 Å². The number of halogens is 2. The molecule has 5 nitrogen and oxygen atoms in total. The summed E-state index contributed by atoms with van der Waals surface area (Å²) >= 11 is 9.34. The fourth-order valence-corrected chi connectivity index (χ4v) is 1.96. The van der Waals surface area contributed by atoms with Gasteiger partial charge in [0.15, 0.2) is 5.69 Å². The van der Waals surface area contributed by atoms with Crippen LogP contribution in [0.2, 0.25) is 5.02 Å². The van der Waals surface area contributed by atoms with Gasteiger partial charge in [-0.25, -0.2) is 0 Å². The zero-order valence-corrected chi connectivity index (χ0v) is 11.1. The Morgan fingerprint density at radius 2 is 2.29 bits per heavy atom. The summed E-state index contributed by atoms with van der Waals surface area (Å²) < 4.78 is 0.760. The Hall–Kier alpha value is -1.40. The van der Waals surface area contributed by atoms with Gasteiger partial charge in [-0.05, 0) is 40.5 Å². The van der Waals surface area contributed by atoms with Crippen molar-refractivity contribution in [1.29, 1.82) is 0 Å². The van der Waals surface area contributed by atoms with Gasteiger partial charge in [0, 0.05) is 9.50 Å². The molecule has 0 spiro atoms. The summed E-state index contributed by atoms with van der Waals surface area (Å²) in [7, 11) is 0. The number of hydrogen-bond donors (Lipinski definition) is 2. The average Bonchev–Trinajstić information content (AvgIpc) is 2.79. The number of anilines is 1. The van der Waals surface area contributed by atoms with Gasteiger partial charge in [-0.3, -0.25) is 4.79 Å². The van der Waals surface area contributed by atoms with E-state index < -0.39 is 0 Å². The number of aromatic nitrogens is 3. The molecule has 0 atom stereocenters. The quantitative estimate of drug-likeness (QED) is 0.895. The van der Waals surface area contributed by atoms with E-state index in [1.165, 1.54) is 6.20 Å². The Morgan fingerprint density at radius 1 is 1.53 bits per heavy atom. The third-order valence-corrected chi connectivity index (χ3v) is 3.21. The Morgan fingerprint density at radius 3 is 2.94 bits per heavy atom. The molecule has 0 unspecified atom stereocenters. The van der Waals surface area contributed by atoms with Crippen molar-refractivity contribution < 1.29 is 4.79 Å². The molecular weight excluding hydrogens is 307 g/mol. The summed E-state index contributed by atoms with van der Waals surface area (Å²) in [6.45, 7) is 1.89. The van der Waals surface area contributed by atoms with Crippen molar-refractivity contribution in [3.05, 3.63) is 39.1 Å².